The molecule has 148 valence electrons. The van der Waals surface area contributed by atoms with Crippen molar-refractivity contribution in [2.45, 2.75) is 18.9 Å². The molecule has 1 amide bonds. The summed E-state index contributed by atoms with van der Waals surface area (Å²) in [5.41, 5.74) is 7.69. The number of hydrogen-bond acceptors (Lipinski definition) is 6. The smallest absolute Gasteiger partial charge is 0.270 e. The molecule has 1 aliphatic heterocycles. The maximum absolute atomic E-state index is 12.9. The van der Waals surface area contributed by atoms with Crippen molar-refractivity contribution < 1.29 is 9.53 Å². The first-order valence-electron chi connectivity index (χ1n) is 9.66. The van der Waals surface area contributed by atoms with Gasteiger partial charge in [0, 0.05) is 6.04 Å². The van der Waals surface area contributed by atoms with Crippen molar-refractivity contribution in [2.24, 2.45) is 0 Å². The summed E-state index contributed by atoms with van der Waals surface area (Å²) in [5, 5.41) is 6.36. The quantitative estimate of drug-likeness (QED) is 0.620. The predicted molar refractivity (Wildman–Crippen MR) is 112 cm³/mol. The zero-order valence-electron chi connectivity index (χ0n) is 16.0. The van der Waals surface area contributed by atoms with Gasteiger partial charge < -0.3 is 21.1 Å². The Labute approximate surface area is 169 Å². The molecule has 1 saturated heterocycles. The molecule has 1 aromatic heterocycles. The molecular weight excluding hydrogens is 366 g/mol. The number of nitrogens with two attached hydrogens (primary N) is 1. The van der Waals surface area contributed by atoms with E-state index in [1.807, 2.05) is 54.6 Å². The lowest BCUT2D eigenvalue weighted by atomic mass is 10.0. The molecule has 7 heteroatoms. The van der Waals surface area contributed by atoms with Crippen molar-refractivity contribution in [1.82, 2.24) is 20.6 Å². The monoisotopic (exact) mass is 389 g/mol. The number of para-hydroxylation sites is 1. The molecule has 2 heterocycles. The van der Waals surface area contributed by atoms with E-state index in [0.29, 0.717) is 11.3 Å². The molecule has 2 aromatic carbocycles. The Kier molecular flexibility index (Phi) is 5.67. The number of piperidine rings is 1. The number of nitrogens with zero attached hydrogens (tertiary/aromatic N) is 2. The number of nitrogen functional groups attached to an aromatic ring is 1. The molecule has 29 heavy (non-hydrogen) atoms. The summed E-state index contributed by atoms with van der Waals surface area (Å²) in [6, 6.07) is 17.1. The molecule has 0 atom stereocenters. The Balaban J connectivity index is 1.57. The highest BCUT2D eigenvalue weighted by molar-refractivity contribution is 6.01. The number of carbonyl (C=O) groups excluding carboxylic acids is 1. The molecule has 4 rings (SSSR count). The molecule has 1 fully saturated rings. The van der Waals surface area contributed by atoms with Crippen LogP contribution in [0.5, 0.6) is 11.5 Å². The summed E-state index contributed by atoms with van der Waals surface area (Å²) >= 11 is 0. The van der Waals surface area contributed by atoms with Crippen LogP contribution in [0, 0.1) is 0 Å². The van der Waals surface area contributed by atoms with Gasteiger partial charge in [0.25, 0.3) is 5.91 Å². The molecule has 4 N–H and O–H groups in total. The third kappa shape index (κ3) is 4.52. The van der Waals surface area contributed by atoms with Gasteiger partial charge in [-0.2, -0.15) is 0 Å². The minimum absolute atomic E-state index is 0.134. The van der Waals surface area contributed by atoms with Gasteiger partial charge in [0.15, 0.2) is 0 Å². The second-order valence-electron chi connectivity index (χ2n) is 6.92. The van der Waals surface area contributed by atoms with Gasteiger partial charge in [-0.15, -0.1) is 0 Å². The average molecular weight is 389 g/mol. The van der Waals surface area contributed by atoms with Crippen LogP contribution in [0.15, 0.2) is 60.9 Å². The Morgan fingerprint density at radius 1 is 1.00 bits per heavy atom. The van der Waals surface area contributed by atoms with E-state index in [1.165, 1.54) is 6.33 Å². The van der Waals surface area contributed by atoms with Gasteiger partial charge >= 0.3 is 0 Å². The van der Waals surface area contributed by atoms with Crippen LogP contribution in [0.25, 0.3) is 11.1 Å². The van der Waals surface area contributed by atoms with E-state index in [0.717, 1.165) is 37.2 Å². The third-order valence-electron chi connectivity index (χ3n) is 4.89. The number of benzene rings is 2. The second kappa shape index (κ2) is 8.70. The lowest BCUT2D eigenvalue weighted by molar-refractivity contribution is 0.0925. The fraction of sp³-hybridized carbons (Fsp3) is 0.227. The van der Waals surface area contributed by atoms with Crippen LogP contribution in [-0.4, -0.2) is 35.0 Å². The molecule has 0 unspecified atom stereocenters. The van der Waals surface area contributed by atoms with Crippen LogP contribution in [0.4, 0.5) is 5.82 Å². The van der Waals surface area contributed by atoms with Crippen LogP contribution < -0.4 is 21.1 Å². The number of anilines is 1. The highest BCUT2D eigenvalue weighted by Crippen LogP contribution is 2.30. The predicted octanol–water partition coefficient (Wildman–Crippen LogP) is 3.00. The van der Waals surface area contributed by atoms with Crippen LogP contribution in [-0.2, 0) is 0 Å². The summed E-state index contributed by atoms with van der Waals surface area (Å²) in [6.07, 6.45) is 3.11. The van der Waals surface area contributed by atoms with Gasteiger partial charge in [-0.1, -0.05) is 30.3 Å². The summed E-state index contributed by atoms with van der Waals surface area (Å²) < 4.78 is 5.83. The first kappa shape index (κ1) is 18.9. The lowest BCUT2D eigenvalue weighted by Gasteiger charge is -2.24. The van der Waals surface area contributed by atoms with Crippen molar-refractivity contribution >= 4 is 11.7 Å². The van der Waals surface area contributed by atoms with Crippen molar-refractivity contribution in [3.8, 4) is 22.6 Å². The van der Waals surface area contributed by atoms with Gasteiger partial charge in [0.1, 0.15) is 29.3 Å². The molecule has 7 nitrogen and oxygen atoms in total. The van der Waals surface area contributed by atoms with Crippen molar-refractivity contribution in [2.75, 3.05) is 18.8 Å². The first-order valence-corrected chi connectivity index (χ1v) is 9.66. The second-order valence-corrected chi connectivity index (χ2v) is 6.92. The van der Waals surface area contributed by atoms with Gasteiger partial charge in [0.05, 0.1) is 5.56 Å². The Morgan fingerprint density at radius 3 is 2.41 bits per heavy atom. The molecule has 1 aliphatic rings. The summed E-state index contributed by atoms with van der Waals surface area (Å²) in [4.78, 5) is 21.2. The summed E-state index contributed by atoms with van der Waals surface area (Å²) in [6.45, 7) is 1.79. The molecule has 0 saturated carbocycles. The highest BCUT2D eigenvalue weighted by atomic mass is 16.5. The summed E-state index contributed by atoms with van der Waals surface area (Å²) in [5.74, 6) is 1.48. The Hall–Kier alpha value is -3.45. The van der Waals surface area contributed by atoms with E-state index in [9.17, 15) is 4.79 Å². The minimum atomic E-state index is -0.231. The van der Waals surface area contributed by atoms with Crippen molar-refractivity contribution in [3.05, 3.63) is 66.6 Å². The lowest BCUT2D eigenvalue weighted by Crippen LogP contribution is -2.43. The number of carbonyl (C=O) groups is 1. The molecule has 0 aliphatic carbocycles. The maximum Gasteiger partial charge on any atom is 0.270 e. The van der Waals surface area contributed by atoms with Gasteiger partial charge in [-0.05, 0) is 55.8 Å². The van der Waals surface area contributed by atoms with Crippen LogP contribution >= 0.6 is 0 Å². The zero-order chi connectivity index (χ0) is 20.1. The number of hydrogen-bond donors (Lipinski definition) is 3. The van der Waals surface area contributed by atoms with E-state index in [4.69, 9.17) is 10.5 Å². The maximum atomic E-state index is 12.9. The van der Waals surface area contributed by atoms with Crippen LogP contribution in [0.3, 0.4) is 0 Å². The number of aromatic nitrogens is 2. The minimum Gasteiger partial charge on any atom is -0.457 e. The standard InChI is InChI=1S/C22H23N5O2/c23-21-19(15-6-8-18(9-7-15)29-17-4-2-1-3-5-17)20(25-14-26-21)22(28)27-16-10-12-24-13-11-16/h1-9,14,16,24H,10-13H2,(H,27,28)(H2,23,25,26). The molecule has 0 bridgehead atoms. The summed E-state index contributed by atoms with van der Waals surface area (Å²) in [7, 11) is 0. The Bertz CT molecular complexity index is 970. The number of amides is 1. The zero-order valence-corrected chi connectivity index (χ0v) is 16.0. The van der Waals surface area contributed by atoms with E-state index in [2.05, 4.69) is 20.6 Å². The van der Waals surface area contributed by atoms with Gasteiger partial charge in [-0.3, -0.25) is 4.79 Å². The van der Waals surface area contributed by atoms with E-state index in [1.54, 1.807) is 0 Å². The molecular formula is C22H23N5O2. The SMILES string of the molecule is Nc1ncnc(C(=O)NC2CCNCC2)c1-c1ccc(Oc2ccccc2)cc1. The Morgan fingerprint density at radius 2 is 1.69 bits per heavy atom. The van der Waals surface area contributed by atoms with E-state index in [-0.39, 0.29) is 23.5 Å². The topological polar surface area (TPSA) is 102 Å². The van der Waals surface area contributed by atoms with E-state index < -0.39 is 0 Å². The number of ether oxygens (including phenoxy) is 1. The fourth-order valence-electron chi connectivity index (χ4n) is 3.39. The van der Waals surface area contributed by atoms with Crippen LogP contribution in [0.1, 0.15) is 23.3 Å². The normalized spacial score (nSPS) is 14.3. The molecule has 0 spiro atoms. The van der Waals surface area contributed by atoms with Gasteiger partial charge in [-0.25, -0.2) is 9.97 Å². The first-order chi connectivity index (χ1) is 14.2. The van der Waals surface area contributed by atoms with Crippen molar-refractivity contribution in [3.63, 3.8) is 0 Å². The number of rotatable bonds is 5. The fourth-order valence-corrected chi connectivity index (χ4v) is 3.39. The third-order valence-corrected chi connectivity index (χ3v) is 4.89. The largest absolute Gasteiger partial charge is 0.457 e. The highest BCUT2D eigenvalue weighted by Gasteiger charge is 2.22. The molecule has 3 aromatic rings. The van der Waals surface area contributed by atoms with E-state index >= 15 is 0 Å². The van der Waals surface area contributed by atoms with Gasteiger partial charge in [0.2, 0.25) is 0 Å². The van der Waals surface area contributed by atoms with Crippen LogP contribution in [0.2, 0.25) is 0 Å². The average Bonchev–Trinajstić information content (AvgIpc) is 2.76. The molecule has 0 radical (unpaired) electrons. The number of nitrogens with one attached hydrogen (secondary N) is 2. The van der Waals surface area contributed by atoms with Crippen molar-refractivity contribution in [1.29, 1.82) is 0 Å².